The Labute approximate surface area is 55.4 Å². The van der Waals surface area contributed by atoms with E-state index in [0.29, 0.717) is 0 Å². The number of carbonyl (C=O) groups is 2. The third-order valence-corrected chi connectivity index (χ3v) is 0.794. The summed E-state index contributed by atoms with van der Waals surface area (Å²) in [5.74, 6) is -3.01. The topological polar surface area (TPSA) is 74.6 Å². The first-order valence-corrected chi connectivity index (χ1v) is 2.25. The van der Waals surface area contributed by atoms with Crippen LogP contribution in [-0.2, 0) is 9.59 Å². The Kier molecular flexibility index (Phi) is 2.73. The van der Waals surface area contributed by atoms with E-state index in [4.69, 9.17) is 21.8 Å². The summed E-state index contributed by atoms with van der Waals surface area (Å²) in [6, 6.07) is 0. The number of Topliss-reactive ketones (excluding diaryl/α,β-unsaturated/α-hetero) is 1. The van der Waals surface area contributed by atoms with Crippen LogP contribution >= 0.6 is 11.6 Å². The Hall–Kier alpha value is -1.03. The SMILES string of the molecule is O=C(O)C(=O)/C(Cl)=C/O. The highest BCUT2D eigenvalue weighted by Crippen LogP contribution is 1.99. The Morgan fingerprint density at radius 3 is 2.00 bits per heavy atom. The quantitative estimate of drug-likeness (QED) is 0.337. The predicted octanol–water partition coefficient (Wildman–Crippen LogP) is 0.278. The van der Waals surface area contributed by atoms with Crippen LogP contribution in [0.3, 0.4) is 0 Å². The molecule has 0 atom stereocenters. The molecule has 9 heavy (non-hydrogen) atoms. The first-order chi connectivity index (χ1) is 4.09. The van der Waals surface area contributed by atoms with Gasteiger partial charge in [-0.1, -0.05) is 11.6 Å². The number of carbonyl (C=O) groups excluding carboxylic acids is 1. The van der Waals surface area contributed by atoms with Crippen molar-refractivity contribution in [1.29, 1.82) is 0 Å². The number of hydrogen-bond donors (Lipinski definition) is 2. The minimum atomic E-state index is -1.69. The maximum absolute atomic E-state index is 10.1. The van der Waals surface area contributed by atoms with Crippen molar-refractivity contribution in [1.82, 2.24) is 0 Å². The standard InChI is InChI=1S/C4H3ClO4/c5-2(1-6)3(7)4(8)9/h1,6H,(H,8,9)/b2-1-. The number of aliphatic hydroxyl groups is 1. The molecule has 0 amide bonds. The molecule has 0 radical (unpaired) electrons. The van der Waals surface area contributed by atoms with Crippen LogP contribution in [0.5, 0.6) is 0 Å². The fourth-order valence-corrected chi connectivity index (χ4v) is 0.242. The predicted molar refractivity (Wildman–Crippen MR) is 29.2 cm³/mol. The summed E-state index contributed by atoms with van der Waals surface area (Å²) in [5, 5.41) is 15.2. The van der Waals surface area contributed by atoms with Crippen molar-refractivity contribution in [3.63, 3.8) is 0 Å². The largest absolute Gasteiger partial charge is 0.514 e. The molecule has 5 heteroatoms. The molecule has 0 aromatic carbocycles. The van der Waals surface area contributed by atoms with Crippen LogP contribution in [0.25, 0.3) is 0 Å². The van der Waals surface area contributed by atoms with E-state index in [-0.39, 0.29) is 6.26 Å². The normalized spacial score (nSPS) is 11.0. The summed E-state index contributed by atoms with van der Waals surface area (Å²) in [6.07, 6.45) is 0.234. The van der Waals surface area contributed by atoms with Crippen molar-refractivity contribution in [2.45, 2.75) is 0 Å². The molecule has 4 nitrogen and oxygen atoms in total. The number of rotatable bonds is 2. The van der Waals surface area contributed by atoms with Crippen LogP contribution in [0.1, 0.15) is 0 Å². The second-order valence-electron chi connectivity index (χ2n) is 1.11. The van der Waals surface area contributed by atoms with Crippen LogP contribution < -0.4 is 0 Å². The minimum absolute atomic E-state index is 0.234. The Morgan fingerprint density at radius 2 is 1.89 bits per heavy atom. The number of hydrogen-bond acceptors (Lipinski definition) is 3. The molecule has 0 aliphatic rings. The number of halogens is 1. The van der Waals surface area contributed by atoms with Gasteiger partial charge in [-0.2, -0.15) is 0 Å². The van der Waals surface area contributed by atoms with Crippen molar-refractivity contribution >= 4 is 23.4 Å². The van der Waals surface area contributed by atoms with Gasteiger partial charge in [-0.25, -0.2) is 4.79 Å². The summed E-state index contributed by atoms with van der Waals surface area (Å²) in [4.78, 5) is 19.8. The van der Waals surface area contributed by atoms with Crippen LogP contribution in [0, 0.1) is 0 Å². The highest BCUT2D eigenvalue weighted by atomic mass is 35.5. The van der Waals surface area contributed by atoms with Crippen LogP contribution in [0.15, 0.2) is 11.3 Å². The summed E-state index contributed by atoms with van der Waals surface area (Å²) in [5.41, 5.74) is 0. The summed E-state index contributed by atoms with van der Waals surface area (Å²) in [6.45, 7) is 0. The van der Waals surface area contributed by atoms with E-state index < -0.39 is 16.8 Å². The highest BCUT2D eigenvalue weighted by Gasteiger charge is 2.14. The average molecular weight is 151 g/mol. The van der Waals surface area contributed by atoms with Crippen molar-refractivity contribution < 1.29 is 19.8 Å². The molecule has 0 unspecified atom stereocenters. The smallest absolute Gasteiger partial charge is 0.378 e. The maximum atomic E-state index is 10.1. The van der Waals surface area contributed by atoms with Crippen LogP contribution in [0.4, 0.5) is 0 Å². The Morgan fingerprint density at radius 1 is 1.44 bits per heavy atom. The zero-order valence-corrected chi connectivity index (χ0v) is 4.92. The molecule has 0 rings (SSSR count). The van der Waals surface area contributed by atoms with Gasteiger partial charge in [0.05, 0.1) is 0 Å². The van der Waals surface area contributed by atoms with Gasteiger partial charge >= 0.3 is 5.97 Å². The maximum Gasteiger partial charge on any atom is 0.378 e. The van der Waals surface area contributed by atoms with Gasteiger partial charge in [0.25, 0.3) is 5.78 Å². The van der Waals surface area contributed by atoms with Gasteiger partial charge < -0.3 is 10.2 Å². The van der Waals surface area contributed by atoms with Crippen molar-refractivity contribution in [3.05, 3.63) is 11.3 Å². The summed E-state index contributed by atoms with van der Waals surface area (Å²) >= 11 is 4.89. The van der Waals surface area contributed by atoms with Gasteiger partial charge in [-0.3, -0.25) is 4.79 Å². The van der Waals surface area contributed by atoms with E-state index in [1.807, 2.05) is 0 Å². The highest BCUT2D eigenvalue weighted by molar-refractivity contribution is 6.55. The number of aliphatic carboxylic acids is 1. The molecule has 0 aliphatic heterocycles. The van der Waals surface area contributed by atoms with E-state index >= 15 is 0 Å². The Balaban J connectivity index is 4.23. The van der Waals surface area contributed by atoms with E-state index in [2.05, 4.69) is 0 Å². The molecule has 0 bridgehead atoms. The number of carboxylic acid groups (broad SMARTS) is 1. The van der Waals surface area contributed by atoms with Gasteiger partial charge in [-0.15, -0.1) is 0 Å². The second kappa shape index (κ2) is 3.09. The van der Waals surface area contributed by atoms with Crippen LogP contribution in [-0.4, -0.2) is 22.0 Å². The van der Waals surface area contributed by atoms with E-state index in [1.165, 1.54) is 0 Å². The molecule has 0 aromatic heterocycles. The first kappa shape index (κ1) is 7.97. The zero-order valence-electron chi connectivity index (χ0n) is 4.17. The minimum Gasteiger partial charge on any atom is -0.514 e. The lowest BCUT2D eigenvalue weighted by atomic mass is 10.4. The number of ketones is 1. The molecule has 50 valence electrons. The fourth-order valence-electron chi connectivity index (χ4n) is 0.161. The van der Waals surface area contributed by atoms with Gasteiger partial charge in [0, 0.05) is 0 Å². The molecular weight excluding hydrogens is 147 g/mol. The van der Waals surface area contributed by atoms with Gasteiger partial charge in [0.2, 0.25) is 0 Å². The van der Waals surface area contributed by atoms with Gasteiger partial charge in [0.15, 0.2) is 0 Å². The molecule has 0 aromatic rings. The number of carboxylic acids is 1. The third-order valence-electron chi connectivity index (χ3n) is 0.525. The monoisotopic (exact) mass is 150 g/mol. The van der Waals surface area contributed by atoms with E-state index in [0.717, 1.165) is 0 Å². The molecule has 0 saturated heterocycles. The number of aliphatic hydroxyl groups excluding tert-OH is 1. The molecule has 0 fully saturated rings. The average Bonchev–Trinajstić information content (AvgIpc) is 1.84. The van der Waals surface area contributed by atoms with Crippen LogP contribution in [0.2, 0.25) is 0 Å². The van der Waals surface area contributed by atoms with Gasteiger partial charge in [-0.05, 0) is 0 Å². The molecule has 2 N–H and O–H groups in total. The van der Waals surface area contributed by atoms with E-state index in [9.17, 15) is 9.59 Å². The van der Waals surface area contributed by atoms with Gasteiger partial charge in [0.1, 0.15) is 11.3 Å². The summed E-state index contributed by atoms with van der Waals surface area (Å²) < 4.78 is 0. The van der Waals surface area contributed by atoms with E-state index in [1.54, 1.807) is 0 Å². The molecule has 0 aliphatic carbocycles. The fraction of sp³-hybridized carbons (Fsp3) is 0. The van der Waals surface area contributed by atoms with Crippen molar-refractivity contribution in [3.8, 4) is 0 Å². The molecular formula is C4H3ClO4. The van der Waals surface area contributed by atoms with Crippen molar-refractivity contribution in [2.24, 2.45) is 0 Å². The first-order valence-electron chi connectivity index (χ1n) is 1.87. The lowest BCUT2D eigenvalue weighted by molar-refractivity contribution is -0.147. The lowest BCUT2D eigenvalue weighted by Crippen LogP contribution is -2.11. The Bertz CT molecular complexity index is 171. The molecule has 0 saturated carbocycles. The molecule has 0 spiro atoms. The second-order valence-corrected chi connectivity index (χ2v) is 1.52. The molecule has 0 heterocycles. The summed E-state index contributed by atoms with van der Waals surface area (Å²) in [7, 11) is 0. The zero-order chi connectivity index (χ0) is 7.44. The van der Waals surface area contributed by atoms with Crippen molar-refractivity contribution in [2.75, 3.05) is 0 Å². The third kappa shape index (κ3) is 2.14. The lowest BCUT2D eigenvalue weighted by Gasteiger charge is -1.85.